The Hall–Kier alpha value is 0.0668. The molecule has 6 heteroatoms. The Morgan fingerprint density at radius 1 is 0.400 bits per heavy atom. The molecule has 2 aliphatic rings. The average Bonchev–Trinajstić information content (AvgIpc) is 3.04. The summed E-state index contributed by atoms with van der Waals surface area (Å²) in [6.07, 6.45) is 0. The maximum Gasteiger partial charge on any atom is 2.00 e. The molecule has 2 aliphatic carbocycles. The van der Waals surface area contributed by atoms with Gasteiger partial charge in [-0.25, -0.2) is 0 Å². The fraction of sp³-hybridized carbons (Fsp3) is 0.833. The molecule has 0 atom stereocenters. The van der Waals surface area contributed by atoms with Gasteiger partial charge in [-0.15, -0.1) is 0 Å². The van der Waals surface area contributed by atoms with Gasteiger partial charge in [-0.2, -0.15) is 0 Å². The first-order chi connectivity index (χ1) is 13.1. The molecule has 2 fully saturated rings. The molecule has 0 unspecified atom stereocenters. The fourth-order valence-electron chi connectivity index (χ4n) is 4.79. The Kier molecular flexibility index (Phi) is 37.0. The Labute approximate surface area is 212 Å². The molecule has 30 heavy (non-hydrogen) atoms. The third-order valence-electron chi connectivity index (χ3n) is 8.29. The summed E-state index contributed by atoms with van der Waals surface area (Å²) in [4.78, 5) is 15.5. The van der Waals surface area contributed by atoms with Crippen LogP contribution in [-0.2, 0) is 57.8 Å². The monoisotopic (exact) mass is 598 g/mol. The van der Waals surface area contributed by atoms with E-state index in [1.165, 1.54) is 0 Å². The summed E-state index contributed by atoms with van der Waals surface area (Å²) < 4.78 is 15.0. The second-order valence-electron chi connectivity index (χ2n) is 8.59. The summed E-state index contributed by atoms with van der Waals surface area (Å²) in [5.74, 6) is 9.35. The topological polar surface area (TPSA) is 73.9 Å². The van der Waals surface area contributed by atoms with Crippen molar-refractivity contribution in [3.8, 4) is 0 Å². The zero-order valence-corrected chi connectivity index (χ0v) is 23.7. The molecule has 2 rings (SSSR count). The SMILES string of the molecule is CC1C(C)C(C)C(C)C1C.CC1C(C)C(C)C(C)C1C.[C-]#[O+].[C-]#[O+].[CH-]=O.[CH-]=O.[Ru+2].[Ru]. The fourth-order valence-corrected chi connectivity index (χ4v) is 4.79. The summed E-state index contributed by atoms with van der Waals surface area (Å²) in [5, 5.41) is 0. The minimum Gasteiger partial charge on any atom is -0.545 e. The quantitative estimate of drug-likeness (QED) is 0.155. The van der Waals surface area contributed by atoms with Crippen LogP contribution in [0.25, 0.3) is 0 Å². The number of hydrogen-bond acceptors (Lipinski definition) is 2. The molecular formula is C24H42O4Ru2. The van der Waals surface area contributed by atoms with Crippen molar-refractivity contribution in [2.24, 2.45) is 59.2 Å². The second-order valence-corrected chi connectivity index (χ2v) is 8.59. The van der Waals surface area contributed by atoms with Crippen LogP contribution < -0.4 is 0 Å². The van der Waals surface area contributed by atoms with E-state index in [0.717, 1.165) is 59.2 Å². The van der Waals surface area contributed by atoms with Crippen LogP contribution in [0, 0.1) is 72.5 Å². The minimum atomic E-state index is 0. The predicted octanol–water partition coefficient (Wildman–Crippen LogP) is 5.73. The van der Waals surface area contributed by atoms with E-state index in [-0.39, 0.29) is 39.0 Å². The maximum absolute atomic E-state index is 7.75. The summed E-state index contributed by atoms with van der Waals surface area (Å²) in [7, 11) is 0. The van der Waals surface area contributed by atoms with E-state index < -0.39 is 0 Å². The Morgan fingerprint density at radius 2 is 0.433 bits per heavy atom. The van der Waals surface area contributed by atoms with Gasteiger partial charge in [0.15, 0.2) is 0 Å². The zero-order valence-electron chi connectivity index (χ0n) is 20.3. The predicted molar refractivity (Wildman–Crippen MR) is 113 cm³/mol. The van der Waals surface area contributed by atoms with Crippen molar-refractivity contribution in [1.29, 1.82) is 0 Å². The molecule has 0 aromatic carbocycles. The normalized spacial score (nSPS) is 37.4. The van der Waals surface area contributed by atoms with Gasteiger partial charge >= 0.3 is 42.1 Å². The molecule has 0 aromatic rings. The summed E-state index contributed by atoms with van der Waals surface area (Å²) in [6.45, 7) is 39.5. The molecule has 0 spiro atoms. The minimum absolute atomic E-state index is 0. The standard InChI is InChI=1S/2C10H20.2CHO.2CO.2Ru/c2*1-6-7(2)9(4)10(5)8(6)3;4*1-2;;/h2*6-10H,1-5H3;2*1H;;;;/q;;2*-1;;;;+2. The van der Waals surface area contributed by atoms with Crippen LogP contribution in [0.4, 0.5) is 0 Å². The summed E-state index contributed by atoms with van der Waals surface area (Å²) in [5.41, 5.74) is 0. The van der Waals surface area contributed by atoms with Gasteiger partial charge in [0.05, 0.1) is 0 Å². The van der Waals surface area contributed by atoms with Crippen LogP contribution in [0.3, 0.4) is 0 Å². The van der Waals surface area contributed by atoms with Gasteiger partial charge in [-0.3, -0.25) is 13.6 Å². The van der Waals surface area contributed by atoms with E-state index in [9.17, 15) is 0 Å². The summed E-state index contributed by atoms with van der Waals surface area (Å²) >= 11 is 0. The molecule has 0 N–H and O–H groups in total. The van der Waals surface area contributed by atoms with Crippen LogP contribution in [0.2, 0.25) is 0 Å². The molecule has 0 radical (unpaired) electrons. The molecule has 0 aliphatic heterocycles. The molecule has 0 saturated heterocycles. The average molecular weight is 597 g/mol. The van der Waals surface area contributed by atoms with E-state index in [0.29, 0.717) is 0 Å². The van der Waals surface area contributed by atoms with Gasteiger partial charge < -0.3 is 9.59 Å². The van der Waals surface area contributed by atoms with Gasteiger partial charge in [-0.05, 0) is 59.2 Å². The van der Waals surface area contributed by atoms with Gasteiger partial charge in [0.25, 0.3) is 0 Å². The second kappa shape index (κ2) is 25.3. The van der Waals surface area contributed by atoms with Crippen molar-refractivity contribution in [2.45, 2.75) is 69.2 Å². The maximum atomic E-state index is 7.75. The third-order valence-corrected chi connectivity index (χ3v) is 8.29. The first kappa shape index (κ1) is 43.9. The van der Waals surface area contributed by atoms with Crippen LogP contribution in [0.15, 0.2) is 0 Å². The van der Waals surface area contributed by atoms with E-state index in [1.54, 1.807) is 0 Å². The van der Waals surface area contributed by atoms with Crippen molar-refractivity contribution >= 4 is 13.6 Å². The molecule has 2 saturated carbocycles. The molecular weight excluding hydrogens is 554 g/mol. The molecule has 0 heterocycles. The third kappa shape index (κ3) is 12.8. The van der Waals surface area contributed by atoms with Crippen molar-refractivity contribution < 1.29 is 57.8 Å². The van der Waals surface area contributed by atoms with Crippen molar-refractivity contribution in [2.75, 3.05) is 0 Å². The van der Waals surface area contributed by atoms with E-state index in [2.05, 4.69) is 96.1 Å². The van der Waals surface area contributed by atoms with Gasteiger partial charge in [-0.1, -0.05) is 69.2 Å². The Balaban J connectivity index is -0.0000000686. The Bertz CT molecular complexity index is 289. The van der Waals surface area contributed by atoms with E-state index in [1.807, 2.05) is 0 Å². The van der Waals surface area contributed by atoms with Crippen LogP contribution in [0.5, 0.6) is 0 Å². The molecule has 178 valence electrons. The smallest absolute Gasteiger partial charge is 0.545 e. The Morgan fingerprint density at radius 3 is 0.467 bits per heavy atom. The molecule has 0 amide bonds. The van der Waals surface area contributed by atoms with Crippen LogP contribution in [-0.4, -0.2) is 13.6 Å². The van der Waals surface area contributed by atoms with Crippen LogP contribution in [0.1, 0.15) is 69.2 Å². The molecule has 4 nitrogen and oxygen atoms in total. The molecule has 0 aromatic heterocycles. The number of rotatable bonds is 0. The van der Waals surface area contributed by atoms with Gasteiger partial charge in [0.1, 0.15) is 0 Å². The van der Waals surface area contributed by atoms with Crippen molar-refractivity contribution in [1.82, 2.24) is 0 Å². The first-order valence-corrected chi connectivity index (χ1v) is 9.99. The van der Waals surface area contributed by atoms with Crippen molar-refractivity contribution in [3.63, 3.8) is 0 Å². The van der Waals surface area contributed by atoms with Gasteiger partial charge in [0.2, 0.25) is 0 Å². The number of hydrogen-bond donors (Lipinski definition) is 0. The van der Waals surface area contributed by atoms with E-state index in [4.69, 9.17) is 18.9 Å². The molecule has 0 bridgehead atoms. The first-order valence-electron chi connectivity index (χ1n) is 9.99. The van der Waals surface area contributed by atoms with E-state index >= 15 is 0 Å². The largest absolute Gasteiger partial charge is 2.00 e. The van der Waals surface area contributed by atoms with Crippen molar-refractivity contribution in [3.05, 3.63) is 13.3 Å². The van der Waals surface area contributed by atoms with Crippen LogP contribution >= 0.6 is 0 Å². The van der Waals surface area contributed by atoms with Gasteiger partial charge in [0, 0.05) is 19.5 Å². The number of carbonyl (C=O) groups excluding carboxylic acids is 2. The summed E-state index contributed by atoms with van der Waals surface area (Å²) in [6, 6.07) is 0. The zero-order chi connectivity index (χ0) is 23.8.